The molecule has 1 aliphatic heterocycles. The number of likely N-dealkylation sites (tertiary alicyclic amines) is 1. The van der Waals surface area contributed by atoms with Crippen molar-refractivity contribution in [3.05, 3.63) is 0 Å². The summed E-state index contributed by atoms with van der Waals surface area (Å²) in [4.78, 5) is 6.85. The maximum Gasteiger partial charge on any atom is 0.191 e. The number of hydrogen-bond donors (Lipinski definition) is 2. The van der Waals surface area contributed by atoms with Crippen LogP contribution in [0.25, 0.3) is 0 Å². The molecule has 0 aromatic heterocycles. The normalized spacial score (nSPS) is 18.2. The maximum absolute atomic E-state index is 4.25. The Morgan fingerprint density at radius 3 is 2.55 bits per heavy atom. The molecule has 2 N–H and O–H groups in total. The second-order valence-electron chi connectivity index (χ2n) is 5.34. The summed E-state index contributed by atoms with van der Waals surface area (Å²) >= 11 is 1.85. The zero-order valence-corrected chi connectivity index (χ0v) is 16.3. The number of aliphatic imine (C=N–C) groups is 1. The Bertz CT molecular complexity index is 258. The van der Waals surface area contributed by atoms with Gasteiger partial charge in [-0.05, 0) is 38.1 Å². The van der Waals surface area contributed by atoms with E-state index < -0.39 is 0 Å². The van der Waals surface area contributed by atoms with E-state index in [9.17, 15) is 0 Å². The molecule has 1 heterocycles. The minimum Gasteiger partial charge on any atom is -0.356 e. The molecule has 0 bridgehead atoms. The second-order valence-corrected chi connectivity index (χ2v) is 6.32. The Kier molecular flexibility index (Phi) is 13.2. The number of nitrogens with zero attached hydrogens (tertiary/aromatic N) is 2. The number of thioether (sulfide) groups is 1. The molecule has 1 saturated heterocycles. The number of guanidine groups is 1. The lowest BCUT2D eigenvalue weighted by Crippen LogP contribution is -2.43. The highest BCUT2D eigenvalue weighted by Gasteiger charge is 2.13. The summed E-state index contributed by atoms with van der Waals surface area (Å²) in [6.45, 7) is 8.05. The topological polar surface area (TPSA) is 39.7 Å². The van der Waals surface area contributed by atoms with Gasteiger partial charge in [-0.1, -0.05) is 13.3 Å². The van der Waals surface area contributed by atoms with Gasteiger partial charge in [0.25, 0.3) is 0 Å². The van der Waals surface area contributed by atoms with Gasteiger partial charge in [0, 0.05) is 32.4 Å². The molecule has 0 saturated carbocycles. The van der Waals surface area contributed by atoms with E-state index in [0.717, 1.165) is 24.8 Å². The van der Waals surface area contributed by atoms with Crippen molar-refractivity contribution in [1.82, 2.24) is 15.5 Å². The van der Waals surface area contributed by atoms with Gasteiger partial charge in [0.2, 0.25) is 0 Å². The highest BCUT2D eigenvalue weighted by atomic mass is 127. The van der Waals surface area contributed by atoms with Gasteiger partial charge in [0.1, 0.15) is 0 Å². The molecule has 0 aliphatic carbocycles. The Labute approximate surface area is 145 Å². The summed E-state index contributed by atoms with van der Waals surface area (Å²) in [5.41, 5.74) is 0. The average molecular weight is 414 g/mol. The minimum atomic E-state index is 0. The SMILES string of the molecule is CN=C(NCCSC)NCC(C)CN1CCCCC1.I. The molecule has 4 nitrogen and oxygen atoms in total. The van der Waals surface area contributed by atoms with Crippen LogP contribution in [-0.2, 0) is 0 Å². The molecule has 0 aromatic carbocycles. The molecule has 1 rings (SSSR count). The molecule has 0 radical (unpaired) electrons. The lowest BCUT2D eigenvalue weighted by Gasteiger charge is -2.29. The van der Waals surface area contributed by atoms with Crippen LogP contribution in [0.4, 0.5) is 0 Å². The largest absolute Gasteiger partial charge is 0.356 e. The lowest BCUT2D eigenvalue weighted by atomic mass is 10.1. The molecular weight excluding hydrogens is 383 g/mol. The summed E-state index contributed by atoms with van der Waals surface area (Å²) in [5.74, 6) is 2.71. The third kappa shape index (κ3) is 9.28. The van der Waals surface area contributed by atoms with Crippen molar-refractivity contribution in [2.24, 2.45) is 10.9 Å². The molecule has 1 aliphatic rings. The summed E-state index contributed by atoms with van der Waals surface area (Å²) in [7, 11) is 1.84. The van der Waals surface area contributed by atoms with E-state index in [1.165, 1.54) is 38.9 Å². The van der Waals surface area contributed by atoms with Crippen molar-refractivity contribution in [2.45, 2.75) is 26.2 Å². The smallest absolute Gasteiger partial charge is 0.191 e. The van der Waals surface area contributed by atoms with Crippen molar-refractivity contribution in [1.29, 1.82) is 0 Å². The number of nitrogens with one attached hydrogen (secondary N) is 2. The standard InChI is InChI=1S/C14H30N4S.HI/c1-13(12-18-8-5-4-6-9-18)11-17-14(15-2)16-7-10-19-3;/h13H,4-12H2,1-3H3,(H2,15,16,17);1H. The minimum absolute atomic E-state index is 0. The lowest BCUT2D eigenvalue weighted by molar-refractivity contribution is 0.201. The van der Waals surface area contributed by atoms with E-state index in [0.29, 0.717) is 5.92 Å². The fourth-order valence-electron chi connectivity index (χ4n) is 2.41. The van der Waals surface area contributed by atoms with Crippen LogP contribution in [0.15, 0.2) is 4.99 Å². The van der Waals surface area contributed by atoms with Crippen molar-refractivity contribution < 1.29 is 0 Å². The van der Waals surface area contributed by atoms with Crippen molar-refractivity contribution in [3.8, 4) is 0 Å². The van der Waals surface area contributed by atoms with E-state index in [1.807, 2.05) is 18.8 Å². The Morgan fingerprint density at radius 1 is 1.25 bits per heavy atom. The van der Waals surface area contributed by atoms with E-state index >= 15 is 0 Å². The van der Waals surface area contributed by atoms with Gasteiger partial charge in [-0.3, -0.25) is 4.99 Å². The highest BCUT2D eigenvalue weighted by molar-refractivity contribution is 14.0. The third-order valence-corrected chi connectivity index (χ3v) is 4.07. The van der Waals surface area contributed by atoms with Crippen molar-refractivity contribution >= 4 is 41.7 Å². The first-order chi connectivity index (χ1) is 9.26. The zero-order valence-electron chi connectivity index (χ0n) is 13.2. The predicted octanol–water partition coefficient (Wildman–Crippen LogP) is 2.25. The first kappa shape index (κ1) is 20.3. The highest BCUT2D eigenvalue weighted by Crippen LogP contribution is 2.10. The molecule has 120 valence electrons. The van der Waals surface area contributed by atoms with Crippen LogP contribution in [0.3, 0.4) is 0 Å². The summed E-state index contributed by atoms with van der Waals surface area (Å²) in [6, 6.07) is 0. The first-order valence-corrected chi connectivity index (χ1v) is 8.81. The van der Waals surface area contributed by atoms with Gasteiger partial charge in [-0.25, -0.2) is 0 Å². The number of rotatable bonds is 7. The monoisotopic (exact) mass is 414 g/mol. The number of hydrogen-bond acceptors (Lipinski definition) is 3. The number of piperidine rings is 1. The van der Waals surface area contributed by atoms with Crippen LogP contribution in [0, 0.1) is 5.92 Å². The van der Waals surface area contributed by atoms with Gasteiger partial charge >= 0.3 is 0 Å². The molecular formula is C14H31IN4S. The first-order valence-electron chi connectivity index (χ1n) is 7.42. The summed E-state index contributed by atoms with van der Waals surface area (Å²) in [5, 5.41) is 6.75. The molecule has 6 heteroatoms. The molecule has 1 unspecified atom stereocenters. The predicted molar refractivity (Wildman–Crippen MR) is 103 cm³/mol. The van der Waals surface area contributed by atoms with Crippen LogP contribution < -0.4 is 10.6 Å². The maximum atomic E-state index is 4.25. The molecule has 20 heavy (non-hydrogen) atoms. The molecule has 0 aromatic rings. The summed E-state index contributed by atoms with van der Waals surface area (Å²) < 4.78 is 0. The number of halogens is 1. The molecule has 0 amide bonds. The van der Waals surface area contributed by atoms with E-state index in [-0.39, 0.29) is 24.0 Å². The van der Waals surface area contributed by atoms with Gasteiger partial charge in [0.15, 0.2) is 5.96 Å². The fraction of sp³-hybridized carbons (Fsp3) is 0.929. The van der Waals surface area contributed by atoms with Crippen molar-refractivity contribution in [2.75, 3.05) is 51.8 Å². The van der Waals surface area contributed by atoms with Gasteiger partial charge in [0.05, 0.1) is 0 Å². The fourth-order valence-corrected chi connectivity index (χ4v) is 2.72. The third-order valence-electron chi connectivity index (χ3n) is 3.46. The van der Waals surface area contributed by atoms with Crippen LogP contribution >= 0.6 is 35.7 Å². The average Bonchev–Trinajstić information content (AvgIpc) is 2.44. The molecule has 1 atom stereocenters. The Morgan fingerprint density at radius 2 is 1.95 bits per heavy atom. The van der Waals surface area contributed by atoms with E-state index in [4.69, 9.17) is 0 Å². The van der Waals surface area contributed by atoms with Gasteiger partial charge in [-0.15, -0.1) is 24.0 Å². The van der Waals surface area contributed by atoms with Crippen LogP contribution in [0.5, 0.6) is 0 Å². The van der Waals surface area contributed by atoms with Crippen LogP contribution in [-0.4, -0.2) is 62.6 Å². The van der Waals surface area contributed by atoms with Crippen LogP contribution in [0.2, 0.25) is 0 Å². The van der Waals surface area contributed by atoms with E-state index in [2.05, 4.69) is 33.7 Å². The Balaban J connectivity index is 0.00000361. The summed E-state index contributed by atoms with van der Waals surface area (Å²) in [6.07, 6.45) is 6.28. The second kappa shape index (κ2) is 13.0. The zero-order chi connectivity index (χ0) is 13.9. The Hall–Kier alpha value is 0.310. The molecule has 1 fully saturated rings. The van der Waals surface area contributed by atoms with E-state index in [1.54, 1.807) is 0 Å². The van der Waals surface area contributed by atoms with Crippen molar-refractivity contribution in [3.63, 3.8) is 0 Å². The van der Waals surface area contributed by atoms with Crippen LogP contribution in [0.1, 0.15) is 26.2 Å². The quantitative estimate of drug-likeness (QED) is 0.290. The molecule has 0 spiro atoms. The van der Waals surface area contributed by atoms with Gasteiger partial charge < -0.3 is 15.5 Å². The van der Waals surface area contributed by atoms with Gasteiger partial charge in [-0.2, -0.15) is 11.8 Å².